The predicted molar refractivity (Wildman–Crippen MR) is 55.8 cm³/mol. The Hall–Kier alpha value is -1.44. The molecule has 0 atom stereocenters. The Morgan fingerprint density at radius 1 is 1.15 bits per heavy atom. The summed E-state index contributed by atoms with van der Waals surface area (Å²) in [5, 5.41) is 0. The lowest BCUT2D eigenvalue weighted by atomic mass is 10.0. The van der Waals surface area contributed by atoms with Crippen LogP contribution in [0, 0.1) is 6.42 Å². The van der Waals surface area contributed by atoms with Gasteiger partial charge in [-0.1, -0.05) is 23.8 Å². The molecular formula is C11H11N2. The van der Waals surface area contributed by atoms with Crippen molar-refractivity contribution in [1.82, 2.24) is 0 Å². The molecule has 0 saturated heterocycles. The minimum Gasteiger partial charge on any atom is -0.241 e. The summed E-state index contributed by atoms with van der Waals surface area (Å²) in [7, 11) is 0. The zero-order valence-corrected chi connectivity index (χ0v) is 7.57. The summed E-state index contributed by atoms with van der Waals surface area (Å²) < 4.78 is 0. The van der Waals surface area contributed by atoms with Gasteiger partial charge in [0.1, 0.15) is 0 Å². The molecule has 1 aliphatic heterocycles. The lowest BCUT2D eigenvalue weighted by Crippen LogP contribution is -1.94. The van der Waals surface area contributed by atoms with Gasteiger partial charge in [-0.2, -0.15) is 0 Å². The number of aliphatic imine (C=N–C) groups is 2. The van der Waals surface area contributed by atoms with Gasteiger partial charge < -0.3 is 0 Å². The van der Waals surface area contributed by atoms with E-state index in [-0.39, 0.29) is 0 Å². The van der Waals surface area contributed by atoms with Gasteiger partial charge in [-0.15, -0.1) is 0 Å². The summed E-state index contributed by atoms with van der Waals surface area (Å²) in [6.07, 6.45) is 12.8. The summed E-state index contributed by atoms with van der Waals surface area (Å²) in [5.41, 5.74) is 2.34. The maximum Gasteiger partial charge on any atom is 0.154 e. The Morgan fingerprint density at radius 3 is 2.54 bits per heavy atom. The second-order valence-corrected chi connectivity index (χ2v) is 3.05. The molecule has 0 amide bonds. The second kappa shape index (κ2) is 3.52. The molecule has 2 heteroatoms. The highest BCUT2D eigenvalue weighted by Gasteiger charge is 2.05. The summed E-state index contributed by atoms with van der Waals surface area (Å²) in [4.78, 5) is 8.45. The van der Waals surface area contributed by atoms with Crippen LogP contribution in [-0.2, 0) is 0 Å². The third-order valence-electron chi connectivity index (χ3n) is 1.95. The zero-order chi connectivity index (χ0) is 9.10. The smallest absolute Gasteiger partial charge is 0.154 e. The molecule has 0 unspecified atom stereocenters. The van der Waals surface area contributed by atoms with Crippen molar-refractivity contribution in [3.8, 4) is 0 Å². The van der Waals surface area contributed by atoms with Crippen molar-refractivity contribution in [3.05, 3.63) is 41.6 Å². The molecule has 2 nitrogen and oxygen atoms in total. The first-order chi connectivity index (χ1) is 6.36. The van der Waals surface area contributed by atoms with E-state index < -0.39 is 0 Å². The molecule has 1 aliphatic carbocycles. The van der Waals surface area contributed by atoms with Crippen LogP contribution >= 0.6 is 0 Å². The molecule has 13 heavy (non-hydrogen) atoms. The monoisotopic (exact) mass is 171 g/mol. The van der Waals surface area contributed by atoms with Gasteiger partial charge >= 0.3 is 0 Å². The van der Waals surface area contributed by atoms with E-state index in [1.807, 2.05) is 24.9 Å². The maximum atomic E-state index is 4.22. The van der Waals surface area contributed by atoms with Gasteiger partial charge in [-0.05, 0) is 6.92 Å². The topological polar surface area (TPSA) is 24.7 Å². The van der Waals surface area contributed by atoms with Crippen molar-refractivity contribution in [2.24, 2.45) is 9.98 Å². The van der Waals surface area contributed by atoms with Gasteiger partial charge in [0.25, 0.3) is 0 Å². The Morgan fingerprint density at radius 2 is 1.92 bits per heavy atom. The quantitative estimate of drug-likeness (QED) is 0.535. The van der Waals surface area contributed by atoms with Crippen LogP contribution in [0.3, 0.4) is 0 Å². The third kappa shape index (κ3) is 1.83. The van der Waals surface area contributed by atoms with E-state index >= 15 is 0 Å². The Balaban J connectivity index is 2.26. The molecule has 2 aliphatic rings. The van der Waals surface area contributed by atoms with Crippen molar-refractivity contribution in [3.63, 3.8) is 0 Å². The fraction of sp³-hybridized carbons (Fsp3) is 0.182. The Labute approximate surface area is 78.1 Å². The standard InChI is InChI=1S/C11H11N2/c1-9-3-5-10(6-4-9)11-12-7-2-8-13-11/h3-8H,2H2,1H3. The van der Waals surface area contributed by atoms with Crippen molar-refractivity contribution >= 4 is 12.4 Å². The van der Waals surface area contributed by atoms with Crippen LogP contribution in [0.15, 0.2) is 45.2 Å². The fourth-order valence-corrected chi connectivity index (χ4v) is 1.21. The largest absolute Gasteiger partial charge is 0.241 e. The first-order valence-electron chi connectivity index (χ1n) is 4.35. The van der Waals surface area contributed by atoms with Crippen LogP contribution in [0.5, 0.6) is 0 Å². The average molecular weight is 171 g/mol. The Kier molecular flexibility index (Phi) is 2.21. The van der Waals surface area contributed by atoms with Crippen LogP contribution in [0.4, 0.5) is 0 Å². The lowest BCUT2D eigenvalue weighted by Gasteiger charge is -2.08. The highest BCUT2D eigenvalue weighted by atomic mass is 15.0. The SMILES string of the molecule is CC1=C[CH]C(=C2N=CCC=N2)C=C1. The average Bonchev–Trinajstić information content (AvgIpc) is 2.20. The molecule has 0 bridgehead atoms. The molecule has 2 rings (SSSR count). The minimum atomic E-state index is 0.811. The predicted octanol–water partition coefficient (Wildman–Crippen LogP) is 2.46. The van der Waals surface area contributed by atoms with E-state index in [0.717, 1.165) is 17.8 Å². The number of hydrogen-bond acceptors (Lipinski definition) is 2. The fourth-order valence-electron chi connectivity index (χ4n) is 1.21. The highest BCUT2D eigenvalue weighted by Crippen LogP contribution is 2.20. The van der Waals surface area contributed by atoms with E-state index in [4.69, 9.17) is 0 Å². The lowest BCUT2D eigenvalue weighted by molar-refractivity contribution is 1.17. The van der Waals surface area contributed by atoms with E-state index in [1.54, 1.807) is 0 Å². The van der Waals surface area contributed by atoms with Crippen LogP contribution in [0.1, 0.15) is 13.3 Å². The summed E-state index contributed by atoms with van der Waals surface area (Å²) in [5.74, 6) is 0.811. The van der Waals surface area contributed by atoms with Crippen molar-refractivity contribution in [2.75, 3.05) is 0 Å². The molecule has 0 aromatic heterocycles. The van der Waals surface area contributed by atoms with Crippen molar-refractivity contribution < 1.29 is 0 Å². The summed E-state index contributed by atoms with van der Waals surface area (Å²) in [6, 6.07) is 0. The molecular weight excluding hydrogens is 160 g/mol. The number of allylic oxidation sites excluding steroid dienone is 5. The number of rotatable bonds is 0. The molecule has 1 radical (unpaired) electrons. The van der Waals surface area contributed by atoms with Gasteiger partial charge in [0, 0.05) is 30.8 Å². The van der Waals surface area contributed by atoms with E-state index in [0.29, 0.717) is 0 Å². The first-order valence-corrected chi connectivity index (χ1v) is 4.35. The van der Waals surface area contributed by atoms with Crippen LogP contribution in [0.25, 0.3) is 0 Å². The van der Waals surface area contributed by atoms with Gasteiger partial charge in [0.2, 0.25) is 0 Å². The number of nitrogens with zero attached hydrogens (tertiary/aromatic N) is 2. The summed E-state index contributed by atoms with van der Waals surface area (Å²) >= 11 is 0. The van der Waals surface area contributed by atoms with Gasteiger partial charge in [-0.3, -0.25) is 0 Å². The van der Waals surface area contributed by atoms with Gasteiger partial charge in [0.15, 0.2) is 5.82 Å². The molecule has 0 fully saturated rings. The normalized spacial score (nSPS) is 20.8. The maximum absolute atomic E-state index is 4.22. The molecule has 1 heterocycles. The Bertz CT molecular complexity index is 340. The van der Waals surface area contributed by atoms with Crippen LogP contribution < -0.4 is 0 Å². The molecule has 65 valence electrons. The molecule has 0 aromatic rings. The van der Waals surface area contributed by atoms with Crippen LogP contribution in [-0.4, -0.2) is 12.4 Å². The molecule has 0 N–H and O–H groups in total. The molecule has 0 spiro atoms. The van der Waals surface area contributed by atoms with Crippen LogP contribution in [0.2, 0.25) is 0 Å². The third-order valence-corrected chi connectivity index (χ3v) is 1.95. The van der Waals surface area contributed by atoms with Crippen molar-refractivity contribution in [1.29, 1.82) is 0 Å². The first kappa shape index (κ1) is 8.17. The molecule has 0 aromatic carbocycles. The molecule has 0 saturated carbocycles. The van der Waals surface area contributed by atoms with E-state index in [1.165, 1.54) is 5.57 Å². The highest BCUT2D eigenvalue weighted by molar-refractivity contribution is 5.83. The van der Waals surface area contributed by atoms with Crippen molar-refractivity contribution in [2.45, 2.75) is 13.3 Å². The number of hydrogen-bond donors (Lipinski definition) is 0. The summed E-state index contributed by atoms with van der Waals surface area (Å²) in [6.45, 7) is 2.07. The second-order valence-electron chi connectivity index (χ2n) is 3.05. The van der Waals surface area contributed by atoms with Gasteiger partial charge in [0.05, 0.1) is 0 Å². The zero-order valence-electron chi connectivity index (χ0n) is 7.57. The van der Waals surface area contributed by atoms with E-state index in [9.17, 15) is 0 Å². The van der Waals surface area contributed by atoms with Gasteiger partial charge in [-0.25, -0.2) is 9.98 Å². The minimum absolute atomic E-state index is 0.811. The van der Waals surface area contributed by atoms with E-state index in [2.05, 4.69) is 29.1 Å².